The van der Waals surface area contributed by atoms with E-state index in [-0.39, 0.29) is 18.9 Å². The second-order valence-electron chi connectivity index (χ2n) is 5.61. The molecule has 0 aliphatic rings. The van der Waals surface area contributed by atoms with Crippen LogP contribution in [0.25, 0.3) is 0 Å². The molecule has 26 heavy (non-hydrogen) atoms. The zero-order valence-electron chi connectivity index (χ0n) is 15.0. The number of carbonyl (C=O) groups excluding carboxylic acids is 2. The molecule has 1 N–H and O–H groups in total. The van der Waals surface area contributed by atoms with E-state index in [2.05, 4.69) is 5.32 Å². The minimum Gasteiger partial charge on any atom is -0.493 e. The molecule has 0 aliphatic heterocycles. The fraction of sp³-hybridized carbons (Fsp3) is 0.300. The molecule has 0 saturated carbocycles. The Morgan fingerprint density at radius 3 is 2.35 bits per heavy atom. The average Bonchev–Trinajstić information content (AvgIpc) is 2.69. The Morgan fingerprint density at radius 1 is 0.923 bits per heavy atom. The van der Waals surface area contributed by atoms with Crippen molar-refractivity contribution in [2.75, 3.05) is 20.8 Å². The highest BCUT2D eigenvalue weighted by molar-refractivity contribution is 5.80. The van der Waals surface area contributed by atoms with Crippen molar-refractivity contribution >= 4 is 11.9 Å². The molecule has 0 bridgehead atoms. The van der Waals surface area contributed by atoms with Crippen LogP contribution in [0.1, 0.15) is 17.5 Å². The minimum atomic E-state index is -0.422. The first-order valence-electron chi connectivity index (χ1n) is 8.29. The number of aryl methyl sites for hydroxylation is 1. The van der Waals surface area contributed by atoms with Gasteiger partial charge in [0, 0.05) is 13.0 Å². The summed E-state index contributed by atoms with van der Waals surface area (Å²) in [6, 6.07) is 15.0. The fourth-order valence-electron chi connectivity index (χ4n) is 2.35. The zero-order chi connectivity index (χ0) is 18.8. The van der Waals surface area contributed by atoms with E-state index in [0.717, 1.165) is 11.1 Å². The second-order valence-corrected chi connectivity index (χ2v) is 5.61. The van der Waals surface area contributed by atoms with E-state index >= 15 is 0 Å². The van der Waals surface area contributed by atoms with Crippen LogP contribution < -0.4 is 14.8 Å². The van der Waals surface area contributed by atoms with Crippen LogP contribution in [0.3, 0.4) is 0 Å². The molecule has 0 spiro atoms. The Kier molecular flexibility index (Phi) is 7.49. The quantitative estimate of drug-likeness (QED) is 0.698. The van der Waals surface area contributed by atoms with Crippen molar-refractivity contribution in [3.05, 3.63) is 59.7 Å². The zero-order valence-corrected chi connectivity index (χ0v) is 15.0. The van der Waals surface area contributed by atoms with E-state index < -0.39 is 5.97 Å². The summed E-state index contributed by atoms with van der Waals surface area (Å²) in [7, 11) is 3.13. The third-order valence-corrected chi connectivity index (χ3v) is 3.76. The summed E-state index contributed by atoms with van der Waals surface area (Å²) >= 11 is 0. The molecular weight excluding hydrogens is 334 g/mol. The summed E-state index contributed by atoms with van der Waals surface area (Å²) in [5.74, 6) is 0.496. The Balaban J connectivity index is 1.71. The van der Waals surface area contributed by atoms with Gasteiger partial charge in [0.25, 0.3) is 5.91 Å². The highest BCUT2D eigenvalue weighted by Gasteiger charge is 2.10. The van der Waals surface area contributed by atoms with Crippen molar-refractivity contribution in [3.8, 4) is 11.5 Å². The molecule has 6 nitrogen and oxygen atoms in total. The number of hydrogen-bond acceptors (Lipinski definition) is 5. The summed E-state index contributed by atoms with van der Waals surface area (Å²) in [5, 5.41) is 2.71. The standard InChI is InChI=1S/C20H23NO5/c1-24-17-10-8-15(12-18(17)25-2)9-11-20(23)26-14-19(22)21-13-16-6-4-3-5-7-16/h3-8,10,12H,9,11,13-14H2,1-2H3,(H,21,22). The van der Waals surface area contributed by atoms with Crippen LogP contribution >= 0.6 is 0 Å². The van der Waals surface area contributed by atoms with E-state index in [9.17, 15) is 9.59 Å². The van der Waals surface area contributed by atoms with Gasteiger partial charge in [0.2, 0.25) is 0 Å². The average molecular weight is 357 g/mol. The molecule has 0 saturated heterocycles. The molecule has 1 amide bonds. The predicted octanol–water partition coefficient (Wildman–Crippen LogP) is 2.50. The van der Waals surface area contributed by atoms with Crippen LogP contribution in [-0.2, 0) is 27.3 Å². The first kappa shape index (κ1) is 19.3. The van der Waals surface area contributed by atoms with Gasteiger partial charge in [0.15, 0.2) is 18.1 Å². The van der Waals surface area contributed by atoms with Crippen molar-refractivity contribution in [3.63, 3.8) is 0 Å². The first-order valence-corrected chi connectivity index (χ1v) is 8.29. The highest BCUT2D eigenvalue weighted by atomic mass is 16.5. The lowest BCUT2D eigenvalue weighted by molar-refractivity contribution is -0.148. The lowest BCUT2D eigenvalue weighted by Gasteiger charge is -2.10. The smallest absolute Gasteiger partial charge is 0.306 e. The number of esters is 1. The second kappa shape index (κ2) is 10.1. The molecule has 2 aromatic carbocycles. The number of nitrogens with one attached hydrogen (secondary N) is 1. The van der Waals surface area contributed by atoms with E-state index in [1.54, 1.807) is 20.3 Å². The molecule has 6 heteroatoms. The molecule has 138 valence electrons. The van der Waals surface area contributed by atoms with E-state index in [0.29, 0.717) is 24.5 Å². The van der Waals surface area contributed by atoms with Gasteiger partial charge >= 0.3 is 5.97 Å². The molecule has 0 aromatic heterocycles. The fourth-order valence-corrected chi connectivity index (χ4v) is 2.35. The molecule has 0 unspecified atom stereocenters. The van der Waals surface area contributed by atoms with Crippen molar-refractivity contribution < 1.29 is 23.8 Å². The van der Waals surface area contributed by atoms with Gasteiger partial charge in [0.05, 0.1) is 14.2 Å². The third kappa shape index (κ3) is 6.12. The van der Waals surface area contributed by atoms with E-state index in [1.807, 2.05) is 42.5 Å². The number of rotatable bonds is 9. The van der Waals surface area contributed by atoms with Crippen molar-refractivity contribution in [1.82, 2.24) is 5.32 Å². The SMILES string of the molecule is COc1ccc(CCC(=O)OCC(=O)NCc2ccccc2)cc1OC. The minimum absolute atomic E-state index is 0.182. The van der Waals surface area contributed by atoms with Gasteiger partial charge in [-0.1, -0.05) is 36.4 Å². The maximum Gasteiger partial charge on any atom is 0.306 e. The summed E-state index contributed by atoms with van der Waals surface area (Å²) in [5.41, 5.74) is 1.91. The van der Waals surface area contributed by atoms with Gasteiger partial charge < -0.3 is 19.5 Å². The Bertz CT molecular complexity index is 730. The molecule has 0 fully saturated rings. The van der Waals surface area contributed by atoms with Gasteiger partial charge in [-0.15, -0.1) is 0 Å². The van der Waals surface area contributed by atoms with Gasteiger partial charge in [-0.05, 0) is 29.7 Å². The van der Waals surface area contributed by atoms with Gasteiger partial charge in [0.1, 0.15) is 0 Å². The van der Waals surface area contributed by atoms with Gasteiger partial charge in [-0.2, -0.15) is 0 Å². The largest absolute Gasteiger partial charge is 0.493 e. The van der Waals surface area contributed by atoms with Crippen LogP contribution in [0.2, 0.25) is 0 Å². The Labute approximate surface area is 153 Å². The van der Waals surface area contributed by atoms with E-state index in [1.165, 1.54) is 0 Å². The lowest BCUT2D eigenvalue weighted by Crippen LogP contribution is -2.28. The maximum absolute atomic E-state index is 11.8. The van der Waals surface area contributed by atoms with Crippen molar-refractivity contribution in [2.45, 2.75) is 19.4 Å². The summed E-state index contributed by atoms with van der Waals surface area (Å²) in [4.78, 5) is 23.5. The Hall–Kier alpha value is -3.02. The van der Waals surface area contributed by atoms with Crippen LogP contribution in [0.15, 0.2) is 48.5 Å². The molecule has 2 aromatic rings. The number of hydrogen-bond donors (Lipinski definition) is 1. The number of amides is 1. The molecule has 0 radical (unpaired) electrons. The molecule has 0 aliphatic carbocycles. The summed E-state index contributed by atoms with van der Waals surface area (Å²) in [6.45, 7) is 0.125. The predicted molar refractivity (Wildman–Crippen MR) is 97.1 cm³/mol. The van der Waals surface area contributed by atoms with Crippen LogP contribution in [0, 0.1) is 0 Å². The molecule has 0 atom stereocenters. The normalized spacial score (nSPS) is 10.1. The summed E-state index contributed by atoms with van der Waals surface area (Å²) in [6.07, 6.45) is 0.673. The van der Waals surface area contributed by atoms with Gasteiger partial charge in [-0.3, -0.25) is 9.59 Å². The van der Waals surface area contributed by atoms with Crippen LogP contribution in [0.5, 0.6) is 11.5 Å². The van der Waals surface area contributed by atoms with Crippen molar-refractivity contribution in [1.29, 1.82) is 0 Å². The maximum atomic E-state index is 11.8. The molecule has 0 heterocycles. The first-order chi connectivity index (χ1) is 12.6. The third-order valence-electron chi connectivity index (χ3n) is 3.76. The highest BCUT2D eigenvalue weighted by Crippen LogP contribution is 2.27. The Morgan fingerprint density at radius 2 is 1.65 bits per heavy atom. The number of ether oxygens (including phenoxy) is 3. The number of benzene rings is 2. The van der Waals surface area contributed by atoms with E-state index in [4.69, 9.17) is 14.2 Å². The topological polar surface area (TPSA) is 73.9 Å². The number of methoxy groups -OCH3 is 2. The molecule has 2 rings (SSSR count). The van der Waals surface area contributed by atoms with Crippen LogP contribution in [0.4, 0.5) is 0 Å². The van der Waals surface area contributed by atoms with Crippen molar-refractivity contribution in [2.24, 2.45) is 0 Å². The number of carbonyl (C=O) groups is 2. The monoisotopic (exact) mass is 357 g/mol. The van der Waals surface area contributed by atoms with Gasteiger partial charge in [-0.25, -0.2) is 0 Å². The lowest BCUT2D eigenvalue weighted by atomic mass is 10.1. The van der Waals surface area contributed by atoms with Crippen LogP contribution in [-0.4, -0.2) is 32.7 Å². The summed E-state index contributed by atoms with van der Waals surface area (Å²) < 4.78 is 15.4. The molecular formula is C20H23NO5.